The van der Waals surface area contributed by atoms with E-state index in [-0.39, 0.29) is 0 Å². The highest BCUT2D eigenvalue weighted by Gasteiger charge is 1.97. The normalized spacial score (nSPS) is 18.9. The molecular formula is C12H15N. The first-order valence-corrected chi connectivity index (χ1v) is 4.51. The van der Waals surface area contributed by atoms with Gasteiger partial charge >= 0.3 is 0 Å². The van der Waals surface area contributed by atoms with E-state index in [0.29, 0.717) is 6.04 Å². The molecule has 0 fully saturated rings. The average Bonchev–Trinajstić information content (AvgIpc) is 2.54. The molecule has 0 amide bonds. The summed E-state index contributed by atoms with van der Waals surface area (Å²) in [5.74, 6) is 0. The first kappa shape index (κ1) is 9.72. The standard InChI is InChI=1S/C6H9N.C6H6/c1-5-3-4-6(2)7-5;1-2-4-6-5-3-1/h3-5H,1-2H3;1-6H. The molecule has 1 nitrogen and oxygen atoms in total. The summed E-state index contributed by atoms with van der Waals surface area (Å²) in [6.45, 7) is 4.09. The van der Waals surface area contributed by atoms with Crippen LogP contribution >= 0.6 is 0 Å². The van der Waals surface area contributed by atoms with E-state index >= 15 is 0 Å². The van der Waals surface area contributed by atoms with Crippen LogP contribution < -0.4 is 0 Å². The summed E-state index contributed by atoms with van der Waals surface area (Å²) >= 11 is 0. The van der Waals surface area contributed by atoms with Crippen LogP contribution in [0.2, 0.25) is 0 Å². The fraction of sp³-hybridized carbons (Fsp3) is 0.250. The van der Waals surface area contributed by atoms with E-state index in [4.69, 9.17) is 0 Å². The lowest BCUT2D eigenvalue weighted by Crippen LogP contribution is -1.85. The minimum absolute atomic E-state index is 0.431. The summed E-state index contributed by atoms with van der Waals surface area (Å²) in [5.41, 5.74) is 1.15. The summed E-state index contributed by atoms with van der Waals surface area (Å²) in [4.78, 5) is 4.19. The first-order chi connectivity index (χ1) is 6.29. The quantitative estimate of drug-likeness (QED) is 0.571. The maximum atomic E-state index is 4.19. The van der Waals surface area contributed by atoms with Crippen molar-refractivity contribution in [1.82, 2.24) is 0 Å². The van der Waals surface area contributed by atoms with Gasteiger partial charge < -0.3 is 0 Å². The van der Waals surface area contributed by atoms with Crippen molar-refractivity contribution >= 4 is 5.71 Å². The molecule has 13 heavy (non-hydrogen) atoms. The Morgan fingerprint density at radius 1 is 1.00 bits per heavy atom. The van der Waals surface area contributed by atoms with Gasteiger partial charge in [0.05, 0.1) is 6.04 Å². The molecule has 1 unspecified atom stereocenters. The Morgan fingerprint density at radius 3 is 1.62 bits per heavy atom. The summed E-state index contributed by atoms with van der Waals surface area (Å²) in [5, 5.41) is 0. The summed E-state index contributed by atoms with van der Waals surface area (Å²) in [7, 11) is 0. The molecule has 2 rings (SSSR count). The highest BCUT2D eigenvalue weighted by molar-refractivity contribution is 5.94. The smallest absolute Gasteiger partial charge is 0.0658 e. The highest BCUT2D eigenvalue weighted by atomic mass is 14.8. The molecule has 0 N–H and O–H groups in total. The number of benzene rings is 1. The van der Waals surface area contributed by atoms with Gasteiger partial charge in [-0.1, -0.05) is 42.5 Å². The van der Waals surface area contributed by atoms with E-state index in [1.165, 1.54) is 0 Å². The summed E-state index contributed by atoms with van der Waals surface area (Å²) < 4.78 is 0. The van der Waals surface area contributed by atoms with Gasteiger partial charge in [0.1, 0.15) is 0 Å². The van der Waals surface area contributed by atoms with Crippen LogP contribution in [0.1, 0.15) is 13.8 Å². The van der Waals surface area contributed by atoms with Crippen molar-refractivity contribution < 1.29 is 0 Å². The third-order valence-corrected chi connectivity index (χ3v) is 1.69. The van der Waals surface area contributed by atoms with E-state index in [0.717, 1.165) is 5.71 Å². The second-order valence-electron chi connectivity index (χ2n) is 3.02. The Kier molecular flexibility index (Phi) is 3.97. The van der Waals surface area contributed by atoms with Crippen LogP contribution in [-0.4, -0.2) is 11.8 Å². The molecule has 0 radical (unpaired) electrons. The molecular weight excluding hydrogens is 158 g/mol. The average molecular weight is 173 g/mol. The number of hydrogen-bond acceptors (Lipinski definition) is 1. The topological polar surface area (TPSA) is 12.4 Å². The lowest BCUT2D eigenvalue weighted by Gasteiger charge is -1.86. The van der Waals surface area contributed by atoms with Crippen molar-refractivity contribution in [2.75, 3.05) is 0 Å². The summed E-state index contributed by atoms with van der Waals surface area (Å²) in [6, 6.07) is 12.4. The van der Waals surface area contributed by atoms with E-state index in [9.17, 15) is 0 Å². The molecule has 0 saturated heterocycles. The third kappa shape index (κ3) is 4.26. The molecule has 1 aromatic rings. The Balaban J connectivity index is 0.000000132. The van der Waals surface area contributed by atoms with E-state index in [1.807, 2.05) is 49.4 Å². The molecule has 1 aromatic carbocycles. The maximum absolute atomic E-state index is 4.19. The largest absolute Gasteiger partial charge is 0.283 e. The van der Waals surface area contributed by atoms with Crippen LogP contribution in [0.25, 0.3) is 0 Å². The number of rotatable bonds is 0. The SMILES string of the molecule is CC1=NC(C)C=C1.c1ccccc1. The first-order valence-electron chi connectivity index (χ1n) is 4.51. The molecule has 1 aliphatic heterocycles. The van der Waals surface area contributed by atoms with Crippen molar-refractivity contribution in [3.05, 3.63) is 48.6 Å². The van der Waals surface area contributed by atoms with Crippen LogP contribution in [-0.2, 0) is 0 Å². The van der Waals surface area contributed by atoms with E-state index < -0.39 is 0 Å². The van der Waals surface area contributed by atoms with Gasteiger partial charge in [0.15, 0.2) is 0 Å². The van der Waals surface area contributed by atoms with Crippen molar-refractivity contribution in [1.29, 1.82) is 0 Å². The minimum Gasteiger partial charge on any atom is -0.283 e. The van der Waals surface area contributed by atoms with Crippen LogP contribution in [0.5, 0.6) is 0 Å². The number of aliphatic imine (C=N–C) groups is 1. The molecule has 1 heterocycles. The zero-order valence-corrected chi connectivity index (χ0v) is 8.14. The Labute approximate surface area is 79.8 Å². The van der Waals surface area contributed by atoms with Gasteiger partial charge in [-0.2, -0.15) is 0 Å². The molecule has 0 aliphatic carbocycles. The fourth-order valence-corrected chi connectivity index (χ4v) is 1.07. The van der Waals surface area contributed by atoms with Gasteiger partial charge in [-0.25, -0.2) is 0 Å². The van der Waals surface area contributed by atoms with Gasteiger partial charge in [0, 0.05) is 5.71 Å². The molecule has 1 heteroatoms. The van der Waals surface area contributed by atoms with Crippen molar-refractivity contribution in [2.45, 2.75) is 19.9 Å². The van der Waals surface area contributed by atoms with Crippen LogP contribution in [0.3, 0.4) is 0 Å². The van der Waals surface area contributed by atoms with Crippen molar-refractivity contribution in [3.8, 4) is 0 Å². The van der Waals surface area contributed by atoms with Gasteiger partial charge in [0.2, 0.25) is 0 Å². The molecule has 0 saturated carbocycles. The minimum atomic E-state index is 0.431. The summed E-state index contributed by atoms with van der Waals surface area (Å²) in [6.07, 6.45) is 4.14. The van der Waals surface area contributed by atoms with Crippen LogP contribution in [0, 0.1) is 0 Å². The molecule has 1 aliphatic rings. The zero-order valence-electron chi connectivity index (χ0n) is 8.14. The Bertz CT molecular complexity index is 259. The fourth-order valence-electron chi connectivity index (χ4n) is 1.07. The van der Waals surface area contributed by atoms with Gasteiger partial charge in [-0.05, 0) is 19.9 Å². The number of allylic oxidation sites excluding steroid dienone is 1. The molecule has 0 bridgehead atoms. The molecule has 68 valence electrons. The Morgan fingerprint density at radius 2 is 1.46 bits per heavy atom. The predicted molar refractivity (Wildman–Crippen MR) is 58.2 cm³/mol. The molecule has 1 atom stereocenters. The van der Waals surface area contributed by atoms with Crippen LogP contribution in [0.15, 0.2) is 53.5 Å². The molecule has 0 aromatic heterocycles. The predicted octanol–water partition coefficient (Wildman–Crippen LogP) is 3.09. The van der Waals surface area contributed by atoms with Gasteiger partial charge in [0.25, 0.3) is 0 Å². The van der Waals surface area contributed by atoms with Crippen molar-refractivity contribution in [2.24, 2.45) is 4.99 Å². The van der Waals surface area contributed by atoms with E-state index in [1.54, 1.807) is 0 Å². The lowest BCUT2D eigenvalue weighted by atomic mass is 10.3. The molecule has 0 spiro atoms. The van der Waals surface area contributed by atoms with Gasteiger partial charge in [-0.15, -0.1) is 0 Å². The number of nitrogens with zero attached hydrogens (tertiary/aromatic N) is 1. The van der Waals surface area contributed by atoms with Crippen LogP contribution in [0.4, 0.5) is 0 Å². The monoisotopic (exact) mass is 173 g/mol. The second kappa shape index (κ2) is 5.31. The van der Waals surface area contributed by atoms with E-state index in [2.05, 4.69) is 18.0 Å². The van der Waals surface area contributed by atoms with Crippen molar-refractivity contribution in [3.63, 3.8) is 0 Å². The Hall–Kier alpha value is -1.37. The number of hydrogen-bond donors (Lipinski definition) is 0. The zero-order chi connectivity index (χ0) is 9.52. The second-order valence-corrected chi connectivity index (χ2v) is 3.02. The highest BCUT2D eigenvalue weighted by Crippen LogP contribution is 2.00. The maximum Gasteiger partial charge on any atom is 0.0658 e. The lowest BCUT2D eigenvalue weighted by molar-refractivity contribution is 0.946. The van der Waals surface area contributed by atoms with Gasteiger partial charge in [-0.3, -0.25) is 4.99 Å². The third-order valence-electron chi connectivity index (χ3n) is 1.69.